The number of nitrogens with zero attached hydrogens (tertiary/aromatic N) is 3. The van der Waals surface area contributed by atoms with E-state index in [-0.39, 0.29) is 17.0 Å². The molecule has 1 heterocycles. The van der Waals surface area contributed by atoms with Gasteiger partial charge < -0.3 is 15.5 Å². The van der Waals surface area contributed by atoms with Crippen LogP contribution in [0.5, 0.6) is 0 Å². The lowest BCUT2D eigenvalue weighted by atomic mass is 9.91. The van der Waals surface area contributed by atoms with E-state index in [0.29, 0.717) is 17.6 Å². The average Bonchev–Trinajstić information content (AvgIpc) is 2.65. The molecular weight excluding hydrogens is 381 g/mol. The van der Waals surface area contributed by atoms with E-state index >= 15 is 0 Å². The van der Waals surface area contributed by atoms with Crippen LogP contribution in [0, 0.1) is 12.7 Å². The zero-order valence-corrected chi connectivity index (χ0v) is 17.1. The second kappa shape index (κ2) is 8.73. The van der Waals surface area contributed by atoms with Crippen molar-refractivity contribution in [3.05, 3.63) is 46.4 Å². The number of anilines is 2. The first-order valence-corrected chi connectivity index (χ1v) is 9.75. The summed E-state index contributed by atoms with van der Waals surface area (Å²) < 4.78 is 13.3. The van der Waals surface area contributed by atoms with E-state index in [2.05, 4.69) is 20.6 Å². The minimum Gasteiger partial charge on any atom is -0.367 e. The normalized spacial score (nSPS) is 19.2. The zero-order chi connectivity index (χ0) is 20.3. The van der Waals surface area contributed by atoms with Gasteiger partial charge in [-0.2, -0.15) is 4.98 Å². The van der Waals surface area contributed by atoms with Gasteiger partial charge in [0.25, 0.3) is 5.91 Å². The molecule has 6 nitrogen and oxygen atoms in total. The molecule has 1 saturated carbocycles. The van der Waals surface area contributed by atoms with E-state index in [1.54, 1.807) is 0 Å². The van der Waals surface area contributed by atoms with Crippen LogP contribution in [-0.2, 0) is 0 Å². The van der Waals surface area contributed by atoms with Gasteiger partial charge in [0.05, 0.1) is 5.02 Å². The summed E-state index contributed by atoms with van der Waals surface area (Å²) in [6.07, 6.45) is 3.58. The summed E-state index contributed by atoms with van der Waals surface area (Å²) in [7, 11) is 3.83. The number of benzene rings is 1. The van der Waals surface area contributed by atoms with Gasteiger partial charge in [-0.1, -0.05) is 11.6 Å². The van der Waals surface area contributed by atoms with Crippen molar-refractivity contribution < 1.29 is 9.18 Å². The number of aromatic nitrogens is 2. The molecule has 0 atom stereocenters. The molecule has 0 spiro atoms. The Morgan fingerprint density at radius 3 is 2.46 bits per heavy atom. The molecule has 1 aliphatic rings. The van der Waals surface area contributed by atoms with Gasteiger partial charge in [0.1, 0.15) is 11.6 Å². The lowest BCUT2D eigenvalue weighted by molar-refractivity contribution is 0.0926. The van der Waals surface area contributed by atoms with Crippen molar-refractivity contribution in [2.75, 3.05) is 24.3 Å². The van der Waals surface area contributed by atoms with E-state index in [0.717, 1.165) is 37.2 Å². The van der Waals surface area contributed by atoms with Crippen molar-refractivity contribution in [1.29, 1.82) is 0 Å². The van der Waals surface area contributed by atoms with E-state index < -0.39 is 5.82 Å². The number of carbonyl (C=O) groups is 1. The minimum absolute atomic E-state index is 0.0437. The molecule has 2 aromatic rings. The predicted octanol–water partition coefficient (Wildman–Crippen LogP) is 3.80. The standard InChI is InChI=1S/C20H25ClFN5O/c1-12-10-18(26-20(23-12)27(2)3)24-14-5-7-15(8-6-14)25-19(28)13-4-9-17(22)16(21)11-13/h4,9-11,14-15H,5-8H2,1-3H3,(H,25,28)(H,23,24,26). The molecule has 8 heteroatoms. The van der Waals surface area contributed by atoms with E-state index in [1.807, 2.05) is 32.0 Å². The van der Waals surface area contributed by atoms with Crippen molar-refractivity contribution in [2.45, 2.75) is 44.7 Å². The van der Waals surface area contributed by atoms with Gasteiger partial charge in [-0.25, -0.2) is 9.37 Å². The summed E-state index contributed by atoms with van der Waals surface area (Å²) in [6.45, 7) is 1.95. The summed E-state index contributed by atoms with van der Waals surface area (Å²) in [5, 5.41) is 6.46. The smallest absolute Gasteiger partial charge is 0.251 e. The first kappa shape index (κ1) is 20.3. The Bertz CT molecular complexity index is 852. The summed E-state index contributed by atoms with van der Waals surface area (Å²) in [5.74, 6) is 0.758. The van der Waals surface area contributed by atoms with Crippen LogP contribution in [0.25, 0.3) is 0 Å². The van der Waals surface area contributed by atoms with E-state index in [9.17, 15) is 9.18 Å². The Morgan fingerprint density at radius 1 is 1.14 bits per heavy atom. The monoisotopic (exact) mass is 405 g/mol. The highest BCUT2D eigenvalue weighted by molar-refractivity contribution is 6.31. The first-order chi connectivity index (χ1) is 13.3. The van der Waals surface area contributed by atoms with Crippen molar-refractivity contribution in [2.24, 2.45) is 0 Å². The Hall–Kier alpha value is -2.41. The van der Waals surface area contributed by atoms with Crippen molar-refractivity contribution in [3.8, 4) is 0 Å². The molecule has 1 aromatic heterocycles. The van der Waals surface area contributed by atoms with Crippen molar-refractivity contribution in [1.82, 2.24) is 15.3 Å². The lowest BCUT2D eigenvalue weighted by Crippen LogP contribution is -2.40. The summed E-state index contributed by atoms with van der Waals surface area (Å²) in [6, 6.07) is 6.36. The fourth-order valence-corrected chi connectivity index (χ4v) is 3.50. The fourth-order valence-electron chi connectivity index (χ4n) is 3.32. The van der Waals surface area contributed by atoms with Gasteiger partial charge in [0.15, 0.2) is 0 Å². The second-order valence-electron chi connectivity index (χ2n) is 7.38. The minimum atomic E-state index is -0.526. The third-order valence-corrected chi connectivity index (χ3v) is 5.13. The molecule has 2 N–H and O–H groups in total. The van der Waals surface area contributed by atoms with Gasteiger partial charge in [-0.15, -0.1) is 0 Å². The van der Waals surface area contributed by atoms with Crippen LogP contribution in [0.1, 0.15) is 41.7 Å². The van der Waals surface area contributed by atoms with Crippen LogP contribution in [0.4, 0.5) is 16.2 Å². The number of rotatable bonds is 5. The number of aryl methyl sites for hydroxylation is 1. The number of hydrogen-bond donors (Lipinski definition) is 2. The predicted molar refractivity (Wildman–Crippen MR) is 110 cm³/mol. The summed E-state index contributed by atoms with van der Waals surface area (Å²) >= 11 is 5.76. The molecule has 1 aliphatic carbocycles. The van der Waals surface area contributed by atoms with Crippen LogP contribution in [0.15, 0.2) is 24.3 Å². The van der Waals surface area contributed by atoms with Gasteiger partial charge >= 0.3 is 0 Å². The molecule has 0 unspecified atom stereocenters. The van der Waals surface area contributed by atoms with Crippen LogP contribution in [0.3, 0.4) is 0 Å². The molecule has 0 saturated heterocycles. The maximum absolute atomic E-state index is 13.3. The molecule has 0 bridgehead atoms. The van der Waals surface area contributed by atoms with E-state index in [4.69, 9.17) is 11.6 Å². The third-order valence-electron chi connectivity index (χ3n) is 4.84. The Morgan fingerprint density at radius 2 is 1.82 bits per heavy atom. The third kappa shape index (κ3) is 5.10. The summed E-state index contributed by atoms with van der Waals surface area (Å²) in [5.41, 5.74) is 1.29. The van der Waals surface area contributed by atoms with Crippen molar-refractivity contribution in [3.63, 3.8) is 0 Å². The lowest BCUT2D eigenvalue weighted by Gasteiger charge is -2.30. The number of carbonyl (C=O) groups excluding carboxylic acids is 1. The zero-order valence-electron chi connectivity index (χ0n) is 16.3. The topological polar surface area (TPSA) is 70.2 Å². The molecule has 0 aliphatic heterocycles. The van der Waals surface area contributed by atoms with Crippen LogP contribution < -0.4 is 15.5 Å². The number of nitrogens with one attached hydrogen (secondary N) is 2. The highest BCUT2D eigenvalue weighted by Crippen LogP contribution is 2.23. The number of hydrogen-bond acceptors (Lipinski definition) is 5. The molecule has 3 rings (SSSR count). The second-order valence-corrected chi connectivity index (χ2v) is 7.79. The molecule has 1 aromatic carbocycles. The number of halogens is 2. The van der Waals surface area contributed by atoms with Gasteiger partial charge in [-0.3, -0.25) is 4.79 Å². The molecule has 1 fully saturated rings. The Labute approximate surface area is 169 Å². The molecule has 0 radical (unpaired) electrons. The van der Waals surface area contributed by atoms with Crippen LogP contribution in [-0.4, -0.2) is 42.1 Å². The fraction of sp³-hybridized carbons (Fsp3) is 0.450. The quantitative estimate of drug-likeness (QED) is 0.791. The first-order valence-electron chi connectivity index (χ1n) is 9.37. The van der Waals surface area contributed by atoms with Crippen molar-refractivity contribution >= 4 is 29.3 Å². The van der Waals surface area contributed by atoms with Gasteiger partial charge in [-0.05, 0) is 50.8 Å². The Kier molecular flexibility index (Phi) is 6.34. The Balaban J connectivity index is 1.53. The van der Waals surface area contributed by atoms with Crippen LogP contribution in [0.2, 0.25) is 5.02 Å². The molecule has 1 amide bonds. The summed E-state index contributed by atoms with van der Waals surface area (Å²) in [4.78, 5) is 23.2. The maximum Gasteiger partial charge on any atom is 0.251 e. The van der Waals surface area contributed by atoms with Crippen LogP contribution >= 0.6 is 11.6 Å². The van der Waals surface area contributed by atoms with E-state index in [1.165, 1.54) is 18.2 Å². The molecule has 28 heavy (non-hydrogen) atoms. The van der Waals surface area contributed by atoms with Gasteiger partial charge in [0, 0.05) is 43.5 Å². The number of amides is 1. The molecular formula is C20H25ClFN5O. The largest absolute Gasteiger partial charge is 0.367 e. The van der Waals surface area contributed by atoms with Gasteiger partial charge in [0.2, 0.25) is 5.95 Å². The highest BCUT2D eigenvalue weighted by atomic mass is 35.5. The molecule has 150 valence electrons. The average molecular weight is 406 g/mol. The SMILES string of the molecule is Cc1cc(NC2CCC(NC(=O)c3ccc(F)c(Cl)c3)CC2)nc(N(C)C)n1. The maximum atomic E-state index is 13.3. The highest BCUT2D eigenvalue weighted by Gasteiger charge is 2.23.